The first-order valence-electron chi connectivity index (χ1n) is 10.0. The molecule has 6 heteroatoms. The average molecular weight is 417 g/mol. The lowest BCUT2D eigenvalue weighted by molar-refractivity contribution is 0.0930. The number of carbonyl (C=O) groups excluding carboxylic acids is 1. The molecule has 3 rings (SSSR count). The lowest BCUT2D eigenvalue weighted by Gasteiger charge is -2.23. The van der Waals surface area contributed by atoms with Gasteiger partial charge in [-0.25, -0.2) is 0 Å². The van der Waals surface area contributed by atoms with Crippen molar-refractivity contribution in [1.29, 1.82) is 5.41 Å². The van der Waals surface area contributed by atoms with E-state index in [9.17, 15) is 4.79 Å². The van der Waals surface area contributed by atoms with Crippen LogP contribution in [0.25, 0.3) is 11.1 Å². The molecule has 0 spiro atoms. The van der Waals surface area contributed by atoms with Crippen LogP contribution in [-0.2, 0) is 0 Å². The third-order valence-corrected chi connectivity index (χ3v) is 5.05. The minimum Gasteiger partial charge on any atom is -0.497 e. The first-order chi connectivity index (χ1) is 14.9. The van der Waals surface area contributed by atoms with Crippen molar-refractivity contribution >= 4 is 17.8 Å². The molecule has 4 N–H and O–H groups in total. The Morgan fingerprint density at radius 2 is 1.84 bits per heavy atom. The number of anilines is 1. The van der Waals surface area contributed by atoms with Crippen LogP contribution in [0, 0.1) is 5.41 Å². The molecule has 0 saturated carbocycles. The zero-order valence-corrected chi connectivity index (χ0v) is 18.1. The van der Waals surface area contributed by atoms with E-state index in [1.165, 1.54) is 6.21 Å². The number of benzene rings is 3. The Kier molecular flexibility index (Phi) is 7.05. The van der Waals surface area contributed by atoms with E-state index in [0.717, 1.165) is 22.4 Å². The van der Waals surface area contributed by atoms with Gasteiger partial charge in [0.05, 0.1) is 13.2 Å². The number of nitrogens with two attached hydrogens (primary N) is 1. The van der Waals surface area contributed by atoms with Crippen LogP contribution in [0.2, 0.25) is 0 Å². The lowest BCUT2D eigenvalue weighted by atomic mass is 9.99. The number of ether oxygens (including phenoxy) is 1. The maximum absolute atomic E-state index is 13.1. The molecule has 0 aromatic heterocycles. The molecule has 0 bridgehead atoms. The van der Waals surface area contributed by atoms with Gasteiger partial charge in [0.1, 0.15) is 5.75 Å². The van der Waals surface area contributed by atoms with E-state index in [1.807, 2.05) is 73.6 Å². The fraction of sp³-hybridized carbons (Fsp3) is 0.200. The molecule has 0 saturated heterocycles. The molecule has 1 atom stereocenters. The Bertz CT molecular complexity index is 1080. The van der Waals surface area contributed by atoms with Crippen LogP contribution in [0.1, 0.15) is 27.5 Å². The maximum atomic E-state index is 13.1. The van der Waals surface area contributed by atoms with Gasteiger partial charge in [-0.3, -0.25) is 4.79 Å². The van der Waals surface area contributed by atoms with Gasteiger partial charge in [-0.15, -0.1) is 0 Å². The number of rotatable bonds is 8. The van der Waals surface area contributed by atoms with Gasteiger partial charge >= 0.3 is 0 Å². The van der Waals surface area contributed by atoms with Gasteiger partial charge in [0, 0.05) is 29.6 Å². The highest BCUT2D eigenvalue weighted by atomic mass is 16.5. The highest BCUT2D eigenvalue weighted by molar-refractivity contribution is 5.96. The molecule has 0 aliphatic rings. The molecule has 0 heterocycles. The van der Waals surface area contributed by atoms with E-state index in [4.69, 9.17) is 15.9 Å². The second-order valence-electron chi connectivity index (χ2n) is 7.63. The summed E-state index contributed by atoms with van der Waals surface area (Å²) >= 11 is 0. The van der Waals surface area contributed by atoms with Crippen LogP contribution in [0.4, 0.5) is 5.69 Å². The Morgan fingerprint density at radius 3 is 2.55 bits per heavy atom. The van der Waals surface area contributed by atoms with Crippen molar-refractivity contribution < 1.29 is 9.53 Å². The summed E-state index contributed by atoms with van der Waals surface area (Å²) in [6.07, 6.45) is 1.23. The van der Waals surface area contributed by atoms with Crippen molar-refractivity contribution in [3.8, 4) is 16.9 Å². The minimum absolute atomic E-state index is 0.153. The molecule has 0 aliphatic carbocycles. The van der Waals surface area contributed by atoms with Crippen LogP contribution < -0.4 is 15.8 Å². The Labute approximate surface area is 183 Å². The molecule has 1 unspecified atom stereocenters. The highest BCUT2D eigenvalue weighted by Crippen LogP contribution is 2.25. The number of nitrogens with one attached hydrogen (secondary N) is 2. The Hall–Kier alpha value is -3.64. The SMILES string of the molecule is COc1cccc(C(CN(C)C)NC(=O)c2cccc(-c3ccc(N)c(C=N)c3)c2)c1. The minimum atomic E-state index is -0.192. The molecule has 3 aromatic rings. The molecule has 1 amide bonds. The molecular formula is C25H28N4O2. The number of carbonyl (C=O) groups is 1. The Balaban J connectivity index is 1.87. The predicted octanol–water partition coefficient (Wildman–Crippen LogP) is 3.97. The molecular weight excluding hydrogens is 388 g/mol. The summed E-state index contributed by atoms with van der Waals surface area (Å²) in [5, 5.41) is 10.7. The van der Waals surface area contributed by atoms with E-state index in [1.54, 1.807) is 19.2 Å². The van der Waals surface area contributed by atoms with Crippen molar-refractivity contribution in [2.24, 2.45) is 0 Å². The predicted molar refractivity (Wildman–Crippen MR) is 126 cm³/mol. The quantitative estimate of drug-likeness (QED) is 0.383. The number of methoxy groups -OCH3 is 1. The topological polar surface area (TPSA) is 91.4 Å². The summed E-state index contributed by atoms with van der Waals surface area (Å²) in [7, 11) is 5.58. The van der Waals surface area contributed by atoms with Gasteiger partial charge in [0.15, 0.2) is 0 Å². The standard InChI is InChI=1S/C25H28N4O2/c1-29(2)16-24(19-7-5-9-22(14-19)31-3)28-25(30)20-8-4-6-17(12-20)18-10-11-23(27)21(13-18)15-26/h4-15,24,26H,16,27H2,1-3H3,(H,28,30). The van der Waals surface area contributed by atoms with E-state index in [-0.39, 0.29) is 11.9 Å². The van der Waals surface area contributed by atoms with E-state index in [2.05, 4.69) is 5.32 Å². The first kappa shape index (κ1) is 22.1. The summed E-state index contributed by atoms with van der Waals surface area (Å²) in [4.78, 5) is 15.1. The van der Waals surface area contributed by atoms with Crippen LogP contribution >= 0.6 is 0 Å². The van der Waals surface area contributed by atoms with Gasteiger partial charge in [-0.2, -0.15) is 0 Å². The fourth-order valence-electron chi connectivity index (χ4n) is 3.42. The Morgan fingerprint density at radius 1 is 1.10 bits per heavy atom. The number of hydrogen-bond acceptors (Lipinski definition) is 5. The normalized spacial score (nSPS) is 11.7. The maximum Gasteiger partial charge on any atom is 0.251 e. The first-order valence-corrected chi connectivity index (χ1v) is 10.0. The summed E-state index contributed by atoms with van der Waals surface area (Å²) in [5.74, 6) is 0.599. The highest BCUT2D eigenvalue weighted by Gasteiger charge is 2.18. The van der Waals surface area contributed by atoms with Crippen molar-refractivity contribution in [1.82, 2.24) is 10.2 Å². The van der Waals surface area contributed by atoms with Crippen LogP contribution in [0.5, 0.6) is 5.75 Å². The monoisotopic (exact) mass is 416 g/mol. The van der Waals surface area contributed by atoms with Crippen LogP contribution in [0.15, 0.2) is 66.7 Å². The average Bonchev–Trinajstić information content (AvgIpc) is 2.78. The summed E-state index contributed by atoms with van der Waals surface area (Å²) < 4.78 is 5.34. The number of hydrogen-bond donors (Lipinski definition) is 3. The summed E-state index contributed by atoms with van der Waals surface area (Å²) in [6.45, 7) is 0.652. The number of nitrogens with zero attached hydrogens (tertiary/aromatic N) is 1. The smallest absolute Gasteiger partial charge is 0.251 e. The molecule has 160 valence electrons. The van der Waals surface area contributed by atoms with Gasteiger partial charge in [0.2, 0.25) is 0 Å². The molecule has 0 radical (unpaired) electrons. The molecule has 6 nitrogen and oxygen atoms in total. The summed E-state index contributed by atoms with van der Waals surface area (Å²) in [5.41, 5.74) is 10.4. The molecule has 0 fully saturated rings. The van der Waals surface area contributed by atoms with E-state index in [0.29, 0.717) is 23.4 Å². The van der Waals surface area contributed by atoms with Crippen LogP contribution in [-0.4, -0.2) is 44.8 Å². The van der Waals surface area contributed by atoms with E-state index < -0.39 is 0 Å². The second kappa shape index (κ2) is 9.91. The second-order valence-corrected chi connectivity index (χ2v) is 7.63. The molecule has 3 aromatic carbocycles. The number of likely N-dealkylation sites (N-methyl/N-ethyl adjacent to an activating group) is 1. The summed E-state index contributed by atoms with van der Waals surface area (Å²) in [6, 6.07) is 20.5. The van der Waals surface area contributed by atoms with Crippen molar-refractivity contribution in [3.63, 3.8) is 0 Å². The third kappa shape index (κ3) is 5.49. The van der Waals surface area contributed by atoms with Gasteiger partial charge in [-0.1, -0.05) is 30.3 Å². The lowest BCUT2D eigenvalue weighted by Crippen LogP contribution is -2.35. The van der Waals surface area contributed by atoms with Gasteiger partial charge in [0.25, 0.3) is 5.91 Å². The largest absolute Gasteiger partial charge is 0.497 e. The third-order valence-electron chi connectivity index (χ3n) is 5.05. The van der Waals surface area contributed by atoms with Gasteiger partial charge in [-0.05, 0) is 67.2 Å². The zero-order valence-electron chi connectivity index (χ0n) is 18.1. The number of nitrogen functional groups attached to an aromatic ring is 1. The van der Waals surface area contributed by atoms with Crippen molar-refractivity contribution in [3.05, 3.63) is 83.4 Å². The van der Waals surface area contributed by atoms with Crippen molar-refractivity contribution in [2.45, 2.75) is 6.04 Å². The molecule has 31 heavy (non-hydrogen) atoms. The number of amides is 1. The van der Waals surface area contributed by atoms with Crippen LogP contribution in [0.3, 0.4) is 0 Å². The zero-order chi connectivity index (χ0) is 22.4. The fourth-order valence-corrected chi connectivity index (χ4v) is 3.42. The van der Waals surface area contributed by atoms with E-state index >= 15 is 0 Å². The van der Waals surface area contributed by atoms with Gasteiger partial charge < -0.3 is 26.1 Å². The molecule has 0 aliphatic heterocycles. The van der Waals surface area contributed by atoms with Crippen molar-refractivity contribution in [2.75, 3.05) is 33.5 Å².